The number of carbonyl (C=O) groups excluding carboxylic acids is 2. The Hall–Kier alpha value is -2.22. The van der Waals surface area contributed by atoms with E-state index in [1.54, 1.807) is 18.6 Å². The Bertz CT molecular complexity index is 582. The van der Waals surface area contributed by atoms with Crippen molar-refractivity contribution in [2.75, 3.05) is 31.1 Å². The summed E-state index contributed by atoms with van der Waals surface area (Å²) in [5.41, 5.74) is 0. The Morgan fingerprint density at radius 2 is 1.88 bits per heavy atom. The van der Waals surface area contributed by atoms with Gasteiger partial charge in [-0.2, -0.15) is 0 Å². The largest absolute Gasteiger partial charge is 0.353 e. The van der Waals surface area contributed by atoms with Crippen molar-refractivity contribution >= 4 is 17.8 Å². The molecule has 0 radical (unpaired) electrons. The summed E-state index contributed by atoms with van der Waals surface area (Å²) < 4.78 is 0. The third-order valence-corrected chi connectivity index (χ3v) is 5.04. The van der Waals surface area contributed by atoms with Crippen LogP contribution in [-0.4, -0.2) is 65.1 Å². The highest BCUT2D eigenvalue weighted by Gasteiger charge is 2.27. The first-order valence-electron chi connectivity index (χ1n) is 9.00. The highest BCUT2D eigenvalue weighted by atomic mass is 16.2. The van der Waals surface area contributed by atoms with Crippen LogP contribution in [0.15, 0.2) is 18.6 Å². The topological polar surface area (TPSA) is 90.5 Å². The van der Waals surface area contributed by atoms with Crippen molar-refractivity contribution < 1.29 is 9.59 Å². The number of carbonyl (C=O) groups is 2. The van der Waals surface area contributed by atoms with E-state index in [1.165, 1.54) is 0 Å². The smallest absolute Gasteiger partial charge is 0.321 e. The van der Waals surface area contributed by atoms with Gasteiger partial charge in [0.15, 0.2) is 0 Å². The molecule has 1 atom stereocenters. The Balaban J connectivity index is 1.44. The maximum absolute atomic E-state index is 12.3. The van der Waals surface area contributed by atoms with E-state index >= 15 is 0 Å². The van der Waals surface area contributed by atoms with Gasteiger partial charge in [-0.3, -0.25) is 20.0 Å². The van der Waals surface area contributed by atoms with Crippen LogP contribution in [0.3, 0.4) is 0 Å². The molecule has 1 saturated carbocycles. The lowest BCUT2D eigenvalue weighted by atomic mass is 10.2. The highest BCUT2D eigenvalue weighted by molar-refractivity contribution is 5.96. The lowest BCUT2D eigenvalue weighted by Crippen LogP contribution is -2.56. The molecule has 2 N–H and O–H groups in total. The number of imide groups is 1. The van der Waals surface area contributed by atoms with Gasteiger partial charge in [0.05, 0.1) is 12.2 Å². The van der Waals surface area contributed by atoms with Gasteiger partial charge in [0.2, 0.25) is 5.91 Å². The lowest BCUT2D eigenvalue weighted by Gasteiger charge is -2.37. The van der Waals surface area contributed by atoms with Crippen molar-refractivity contribution in [2.24, 2.45) is 0 Å². The van der Waals surface area contributed by atoms with E-state index < -0.39 is 0 Å². The van der Waals surface area contributed by atoms with Gasteiger partial charge in [-0.1, -0.05) is 12.8 Å². The van der Waals surface area contributed by atoms with Gasteiger partial charge in [0.1, 0.15) is 5.82 Å². The molecule has 25 heavy (non-hydrogen) atoms. The van der Waals surface area contributed by atoms with E-state index in [1.807, 2.05) is 6.92 Å². The fourth-order valence-electron chi connectivity index (χ4n) is 3.47. The molecule has 0 spiro atoms. The maximum atomic E-state index is 12.3. The van der Waals surface area contributed by atoms with Crippen LogP contribution in [0.4, 0.5) is 10.6 Å². The first-order chi connectivity index (χ1) is 12.1. The molecule has 1 aromatic rings. The van der Waals surface area contributed by atoms with Gasteiger partial charge in [-0.15, -0.1) is 0 Å². The SMILES string of the molecule is C[C@@H](C(=O)NC(=O)NC1CCCC1)N1CCN(c2cnccn2)CC1. The molecule has 8 heteroatoms. The van der Waals surface area contributed by atoms with Gasteiger partial charge >= 0.3 is 6.03 Å². The molecular weight excluding hydrogens is 320 g/mol. The zero-order valence-electron chi connectivity index (χ0n) is 14.6. The van der Waals surface area contributed by atoms with Crippen molar-refractivity contribution in [1.82, 2.24) is 25.5 Å². The van der Waals surface area contributed by atoms with E-state index in [4.69, 9.17) is 0 Å². The predicted molar refractivity (Wildman–Crippen MR) is 94.2 cm³/mol. The number of nitrogens with one attached hydrogen (secondary N) is 2. The molecule has 0 unspecified atom stereocenters. The number of amides is 3. The summed E-state index contributed by atoms with van der Waals surface area (Å²) >= 11 is 0. The quantitative estimate of drug-likeness (QED) is 0.836. The summed E-state index contributed by atoms with van der Waals surface area (Å²) in [4.78, 5) is 36.9. The fraction of sp³-hybridized carbons (Fsp3) is 0.647. The van der Waals surface area contributed by atoms with Crippen LogP contribution in [0.5, 0.6) is 0 Å². The molecular formula is C17H26N6O2. The number of hydrogen-bond acceptors (Lipinski definition) is 6. The number of anilines is 1. The van der Waals surface area contributed by atoms with Crippen LogP contribution in [0, 0.1) is 0 Å². The van der Waals surface area contributed by atoms with E-state index in [-0.39, 0.29) is 24.0 Å². The van der Waals surface area contributed by atoms with Crippen LogP contribution in [0.1, 0.15) is 32.6 Å². The summed E-state index contributed by atoms with van der Waals surface area (Å²) in [7, 11) is 0. The van der Waals surface area contributed by atoms with Gasteiger partial charge in [-0.25, -0.2) is 9.78 Å². The minimum atomic E-state index is -0.373. The fourth-order valence-corrected chi connectivity index (χ4v) is 3.47. The summed E-state index contributed by atoms with van der Waals surface area (Å²) in [6, 6.07) is -0.501. The Labute approximate surface area is 148 Å². The van der Waals surface area contributed by atoms with Crippen LogP contribution < -0.4 is 15.5 Å². The average molecular weight is 346 g/mol. The highest BCUT2D eigenvalue weighted by Crippen LogP contribution is 2.17. The van der Waals surface area contributed by atoms with Gasteiger partial charge in [-0.05, 0) is 19.8 Å². The Morgan fingerprint density at radius 1 is 1.16 bits per heavy atom. The first kappa shape index (κ1) is 17.6. The summed E-state index contributed by atoms with van der Waals surface area (Å²) in [5, 5.41) is 5.36. The van der Waals surface area contributed by atoms with E-state index in [0.29, 0.717) is 0 Å². The third-order valence-electron chi connectivity index (χ3n) is 5.04. The van der Waals surface area contributed by atoms with Gasteiger partial charge in [0.25, 0.3) is 0 Å². The number of piperazine rings is 1. The second-order valence-corrected chi connectivity index (χ2v) is 6.71. The van der Waals surface area contributed by atoms with Crippen molar-refractivity contribution in [3.63, 3.8) is 0 Å². The number of hydrogen-bond donors (Lipinski definition) is 2. The number of aromatic nitrogens is 2. The van der Waals surface area contributed by atoms with Gasteiger partial charge in [0, 0.05) is 44.6 Å². The molecule has 1 aliphatic carbocycles. The van der Waals surface area contributed by atoms with E-state index in [9.17, 15) is 9.59 Å². The molecule has 1 aromatic heterocycles. The minimum absolute atomic E-state index is 0.207. The second kappa shape index (κ2) is 8.24. The van der Waals surface area contributed by atoms with Crippen molar-refractivity contribution in [2.45, 2.75) is 44.7 Å². The van der Waals surface area contributed by atoms with E-state index in [2.05, 4.69) is 30.4 Å². The van der Waals surface area contributed by atoms with Crippen LogP contribution in [-0.2, 0) is 4.79 Å². The molecule has 2 aliphatic rings. The Kier molecular flexibility index (Phi) is 5.80. The van der Waals surface area contributed by atoms with Crippen molar-refractivity contribution in [3.05, 3.63) is 18.6 Å². The number of nitrogens with zero attached hydrogens (tertiary/aromatic N) is 4. The normalized spacial score (nSPS) is 20.3. The van der Waals surface area contributed by atoms with E-state index in [0.717, 1.165) is 57.7 Å². The zero-order valence-corrected chi connectivity index (χ0v) is 14.6. The zero-order chi connectivity index (χ0) is 17.6. The first-order valence-corrected chi connectivity index (χ1v) is 9.00. The van der Waals surface area contributed by atoms with Crippen LogP contribution in [0.2, 0.25) is 0 Å². The van der Waals surface area contributed by atoms with Crippen LogP contribution in [0.25, 0.3) is 0 Å². The molecule has 8 nitrogen and oxygen atoms in total. The van der Waals surface area contributed by atoms with Crippen LogP contribution >= 0.6 is 0 Å². The predicted octanol–water partition coefficient (Wildman–Crippen LogP) is 0.756. The maximum Gasteiger partial charge on any atom is 0.321 e. The second-order valence-electron chi connectivity index (χ2n) is 6.71. The monoisotopic (exact) mass is 346 g/mol. The average Bonchev–Trinajstić information content (AvgIpc) is 3.14. The molecule has 2 fully saturated rings. The van der Waals surface area contributed by atoms with Crippen molar-refractivity contribution in [3.8, 4) is 0 Å². The molecule has 0 aromatic carbocycles. The summed E-state index contributed by atoms with van der Waals surface area (Å²) in [5.74, 6) is 0.610. The molecule has 3 rings (SSSR count). The third kappa shape index (κ3) is 4.66. The lowest BCUT2D eigenvalue weighted by molar-refractivity contribution is -0.124. The Morgan fingerprint density at radius 3 is 2.52 bits per heavy atom. The van der Waals surface area contributed by atoms with Crippen molar-refractivity contribution in [1.29, 1.82) is 0 Å². The number of urea groups is 1. The standard InChI is InChI=1S/C17H26N6O2/c1-13(16(24)21-17(25)20-14-4-2-3-5-14)22-8-10-23(11-9-22)15-12-18-6-7-19-15/h6-7,12-14H,2-5,8-11H2,1H3,(H2,20,21,24,25)/t13-/m0/s1. The molecule has 1 aliphatic heterocycles. The molecule has 3 amide bonds. The molecule has 2 heterocycles. The van der Waals surface area contributed by atoms with Gasteiger partial charge < -0.3 is 10.2 Å². The number of rotatable bonds is 4. The molecule has 0 bridgehead atoms. The minimum Gasteiger partial charge on any atom is -0.353 e. The molecule has 136 valence electrons. The summed E-state index contributed by atoms with van der Waals surface area (Å²) in [6.07, 6.45) is 9.38. The summed E-state index contributed by atoms with van der Waals surface area (Å²) in [6.45, 7) is 4.90. The molecule has 1 saturated heterocycles.